The van der Waals surface area contributed by atoms with E-state index in [0.717, 1.165) is 0 Å². The number of carbonyl (C=O) groups is 1. The lowest BCUT2D eigenvalue weighted by molar-refractivity contribution is -0.247. The average Bonchev–Trinajstić information content (AvgIpc) is 2.82. The maximum atomic E-state index is 13.8. The second kappa shape index (κ2) is 10.7. The summed E-state index contributed by atoms with van der Waals surface area (Å²) in [6.45, 7) is 3.50. The van der Waals surface area contributed by atoms with Gasteiger partial charge in [0.25, 0.3) is 0 Å². The van der Waals surface area contributed by atoms with Crippen molar-refractivity contribution in [3.8, 4) is 11.5 Å². The van der Waals surface area contributed by atoms with E-state index in [1.54, 1.807) is 0 Å². The van der Waals surface area contributed by atoms with E-state index in [-0.39, 0.29) is 5.75 Å². The van der Waals surface area contributed by atoms with Crippen LogP contribution in [-0.4, -0.2) is 58.1 Å². The summed E-state index contributed by atoms with van der Waals surface area (Å²) in [6.07, 6.45) is 1.47. The second-order valence-corrected chi connectivity index (χ2v) is 11.7. The standard InChI is InChI=1S/C19H14F6O11S3/c1-2-12-3-7-14(8-4-12)35-37(27,28)11-34-16(26)13-5-9-15(10-6-13)36-39(32,33)19(24,25)17(20,21)18(22,23)38(29,30)31/h2-10H,1,11H2,(H,29,30,31). The van der Waals surface area contributed by atoms with Crippen LogP contribution in [0, 0.1) is 0 Å². The van der Waals surface area contributed by atoms with Crippen LogP contribution in [0.4, 0.5) is 26.3 Å². The van der Waals surface area contributed by atoms with Gasteiger partial charge in [-0.2, -0.15) is 51.6 Å². The van der Waals surface area contributed by atoms with Gasteiger partial charge in [0, 0.05) is 0 Å². The highest BCUT2D eigenvalue weighted by atomic mass is 32.2. The Bertz CT molecular complexity index is 1550. The minimum Gasteiger partial charge on any atom is -0.442 e. The lowest BCUT2D eigenvalue weighted by Gasteiger charge is -2.29. The van der Waals surface area contributed by atoms with Crippen LogP contribution in [0.15, 0.2) is 55.1 Å². The molecule has 0 aliphatic carbocycles. The molecule has 2 aromatic rings. The monoisotopic (exact) mass is 628 g/mol. The molecule has 0 bridgehead atoms. The van der Waals surface area contributed by atoms with Crippen molar-refractivity contribution in [2.75, 3.05) is 5.94 Å². The highest BCUT2D eigenvalue weighted by molar-refractivity contribution is 7.89. The minimum atomic E-state index is -7.22. The van der Waals surface area contributed by atoms with Gasteiger partial charge in [0.15, 0.2) is 0 Å². The molecule has 39 heavy (non-hydrogen) atoms. The van der Waals surface area contributed by atoms with Crippen LogP contribution in [0.1, 0.15) is 15.9 Å². The first-order valence-corrected chi connectivity index (χ1v) is 14.0. The minimum absolute atomic E-state index is 0.143. The summed E-state index contributed by atoms with van der Waals surface area (Å²) in [6, 6.07) is 7.40. The Hall–Kier alpha value is -3.36. The topological polar surface area (TPSA) is 167 Å². The Morgan fingerprint density at radius 3 is 1.72 bits per heavy atom. The SMILES string of the molecule is C=Cc1ccc(OS(=O)(=O)COC(=O)c2ccc(OS(=O)(=O)C(F)(F)C(F)(F)C(F)(F)S(=O)(=O)O)cc2)cc1. The Morgan fingerprint density at radius 2 is 1.26 bits per heavy atom. The molecule has 0 amide bonds. The van der Waals surface area contributed by atoms with Gasteiger partial charge >= 0.3 is 52.8 Å². The van der Waals surface area contributed by atoms with Crippen molar-refractivity contribution < 1.29 is 74.0 Å². The molecule has 0 radical (unpaired) electrons. The van der Waals surface area contributed by atoms with E-state index in [0.29, 0.717) is 29.8 Å². The third-order valence-electron chi connectivity index (χ3n) is 4.34. The summed E-state index contributed by atoms with van der Waals surface area (Å²) in [5.41, 5.74) is 0.0835. The van der Waals surface area contributed by atoms with E-state index in [2.05, 4.69) is 15.5 Å². The Labute approximate surface area is 216 Å². The maximum Gasteiger partial charge on any atom is 0.450 e. The van der Waals surface area contributed by atoms with Crippen molar-refractivity contribution in [2.45, 2.75) is 16.4 Å². The zero-order valence-electron chi connectivity index (χ0n) is 18.6. The number of hydrogen-bond acceptors (Lipinski definition) is 10. The highest BCUT2D eigenvalue weighted by Gasteiger charge is 2.83. The number of esters is 1. The van der Waals surface area contributed by atoms with Gasteiger partial charge in [0.2, 0.25) is 5.94 Å². The van der Waals surface area contributed by atoms with E-state index in [9.17, 15) is 56.4 Å². The molecule has 1 N–H and O–H groups in total. The Kier molecular flexibility index (Phi) is 8.71. The van der Waals surface area contributed by atoms with Crippen LogP contribution < -0.4 is 8.37 Å². The van der Waals surface area contributed by atoms with E-state index < -0.39 is 70.0 Å². The van der Waals surface area contributed by atoms with Crippen molar-refractivity contribution >= 4 is 42.4 Å². The molecule has 0 saturated carbocycles. The molecule has 216 valence electrons. The molecule has 0 heterocycles. The third-order valence-corrected chi connectivity index (χ3v) is 7.39. The smallest absolute Gasteiger partial charge is 0.442 e. The van der Waals surface area contributed by atoms with Gasteiger partial charge in [-0.15, -0.1) is 0 Å². The van der Waals surface area contributed by atoms with Crippen LogP contribution in [0.3, 0.4) is 0 Å². The number of carbonyl (C=O) groups excluding carboxylic acids is 1. The Morgan fingerprint density at radius 1 is 0.795 bits per heavy atom. The van der Waals surface area contributed by atoms with Crippen molar-refractivity contribution in [1.82, 2.24) is 0 Å². The fraction of sp³-hybridized carbons (Fsp3) is 0.211. The molecule has 2 aromatic carbocycles. The van der Waals surface area contributed by atoms with Gasteiger partial charge in [0.1, 0.15) is 11.5 Å². The largest absolute Gasteiger partial charge is 0.450 e. The summed E-state index contributed by atoms with van der Waals surface area (Å²) in [5.74, 6) is -11.3. The lowest BCUT2D eigenvalue weighted by Crippen LogP contribution is -2.61. The summed E-state index contributed by atoms with van der Waals surface area (Å²) in [7, 11) is -18.8. The van der Waals surface area contributed by atoms with Crippen molar-refractivity contribution in [3.05, 3.63) is 66.2 Å². The molecule has 0 saturated heterocycles. The van der Waals surface area contributed by atoms with Gasteiger partial charge in [-0.1, -0.05) is 24.8 Å². The average molecular weight is 628 g/mol. The quantitative estimate of drug-likeness (QED) is 0.159. The first kappa shape index (κ1) is 31.9. The van der Waals surface area contributed by atoms with Crippen LogP contribution >= 0.6 is 0 Å². The number of alkyl halides is 6. The lowest BCUT2D eigenvalue weighted by atomic mass is 10.2. The molecule has 0 aliphatic heterocycles. The summed E-state index contributed by atoms with van der Waals surface area (Å²) in [4.78, 5) is 12.0. The van der Waals surface area contributed by atoms with Crippen molar-refractivity contribution in [2.24, 2.45) is 0 Å². The maximum absolute atomic E-state index is 13.8. The predicted molar refractivity (Wildman–Crippen MR) is 119 cm³/mol. The van der Waals surface area contributed by atoms with E-state index in [1.165, 1.54) is 30.3 Å². The molecule has 2 rings (SSSR count). The summed E-state index contributed by atoms with van der Waals surface area (Å²) in [5, 5.41) is -13.9. The molecule has 20 heteroatoms. The predicted octanol–water partition coefficient (Wildman–Crippen LogP) is 3.27. The van der Waals surface area contributed by atoms with Gasteiger partial charge in [-0.25, -0.2) is 4.79 Å². The molecule has 0 aromatic heterocycles. The molecule has 0 atom stereocenters. The number of hydrogen-bond donors (Lipinski definition) is 1. The zero-order chi connectivity index (χ0) is 30.1. The van der Waals surface area contributed by atoms with Crippen LogP contribution in [0.25, 0.3) is 6.08 Å². The van der Waals surface area contributed by atoms with Crippen LogP contribution in [0.2, 0.25) is 0 Å². The summed E-state index contributed by atoms with van der Waals surface area (Å²) < 4.78 is 170. The number of benzene rings is 2. The Balaban J connectivity index is 2.12. The van der Waals surface area contributed by atoms with Gasteiger partial charge in [0.05, 0.1) is 5.56 Å². The van der Waals surface area contributed by atoms with Crippen LogP contribution in [0.5, 0.6) is 11.5 Å². The normalized spacial score (nSPS) is 13.4. The fourth-order valence-electron chi connectivity index (χ4n) is 2.35. The van der Waals surface area contributed by atoms with Gasteiger partial charge < -0.3 is 13.1 Å². The molecule has 0 spiro atoms. The summed E-state index contributed by atoms with van der Waals surface area (Å²) >= 11 is 0. The highest BCUT2D eigenvalue weighted by Crippen LogP contribution is 2.50. The first-order chi connectivity index (χ1) is 17.6. The number of rotatable bonds is 12. The van der Waals surface area contributed by atoms with Crippen LogP contribution in [-0.2, 0) is 35.1 Å². The molecule has 0 aliphatic rings. The number of halogens is 6. The zero-order valence-corrected chi connectivity index (χ0v) is 21.1. The van der Waals surface area contributed by atoms with Crippen molar-refractivity contribution in [1.29, 1.82) is 0 Å². The first-order valence-electron chi connectivity index (χ1n) is 9.54. The molecular formula is C19H14F6O11S3. The second-order valence-electron chi connectivity index (χ2n) is 7.11. The van der Waals surface area contributed by atoms with Gasteiger partial charge in [-0.3, -0.25) is 4.55 Å². The van der Waals surface area contributed by atoms with Crippen molar-refractivity contribution in [3.63, 3.8) is 0 Å². The molecule has 0 fully saturated rings. The van der Waals surface area contributed by atoms with E-state index in [4.69, 9.17) is 8.74 Å². The molecule has 0 unspecified atom stereocenters. The third kappa shape index (κ3) is 6.62. The van der Waals surface area contributed by atoms with E-state index >= 15 is 0 Å². The number of ether oxygens (including phenoxy) is 1. The van der Waals surface area contributed by atoms with E-state index in [1.807, 2.05) is 0 Å². The van der Waals surface area contributed by atoms with Gasteiger partial charge in [-0.05, 0) is 42.0 Å². The molecule has 11 nitrogen and oxygen atoms in total. The fourth-order valence-corrected chi connectivity index (χ4v) is 4.48. The molecular weight excluding hydrogens is 614 g/mol.